The zero-order chi connectivity index (χ0) is 40.1. The van der Waals surface area contributed by atoms with Gasteiger partial charge in [-0.15, -0.1) is 0 Å². The van der Waals surface area contributed by atoms with Gasteiger partial charge < -0.3 is 44.6 Å². The number of nitrogens with two attached hydrogens (primary N) is 5. The molecule has 0 bridgehead atoms. The fourth-order valence-corrected chi connectivity index (χ4v) is 6.38. The summed E-state index contributed by atoms with van der Waals surface area (Å²) in [5.74, 6) is -1.75. The second-order valence-electron chi connectivity index (χ2n) is 14.8. The zero-order valence-electron chi connectivity index (χ0n) is 34.0. The molecule has 0 aliphatic carbocycles. The molecule has 14 heteroatoms. The summed E-state index contributed by atoms with van der Waals surface area (Å²) in [6.07, 6.45) is 30.2. The van der Waals surface area contributed by atoms with Crippen molar-refractivity contribution in [3.8, 4) is 0 Å². The summed E-state index contributed by atoms with van der Waals surface area (Å²) in [5, 5.41) is 8.24. The summed E-state index contributed by atoms with van der Waals surface area (Å²) in [4.78, 5) is 57.8. The number of primary amides is 1. The summed E-state index contributed by atoms with van der Waals surface area (Å²) >= 11 is 0. The maximum absolute atomic E-state index is 13.1. The molecule has 14 nitrogen and oxygen atoms in total. The maximum atomic E-state index is 13.1. The standard InChI is InChI=1S/C40H80N10O4/c1-2-3-4-5-6-7-8-9-10-11-12-13-14-15-16-17-18-19-20-21-22-28-35(51)46-30-25-29-36(52)49-34(27-24-32-48-40(44)45)38(54)50-33(37(41)53)26-23-31-47-39(42)43/h33-34H,2-32H2,1H3,(H2,41,53)(H,46,51)(H,49,52)(H,50,54)(H4,42,43,47)(H4,44,45,48)/t33-,34-/m0/s1. The van der Waals surface area contributed by atoms with E-state index in [0.29, 0.717) is 32.2 Å². The van der Waals surface area contributed by atoms with Crippen molar-refractivity contribution < 1.29 is 19.2 Å². The molecule has 0 aromatic rings. The van der Waals surface area contributed by atoms with Crippen LogP contribution >= 0.6 is 0 Å². The molecule has 2 atom stereocenters. The number of nitrogens with zero attached hydrogens (tertiary/aromatic N) is 2. The lowest BCUT2D eigenvalue weighted by Crippen LogP contribution is -2.53. The third kappa shape index (κ3) is 34.2. The van der Waals surface area contributed by atoms with E-state index in [1.165, 1.54) is 116 Å². The predicted octanol–water partition coefficient (Wildman–Crippen LogP) is 5.05. The molecule has 0 radical (unpaired) electrons. The van der Waals surface area contributed by atoms with Crippen molar-refractivity contribution in [3.63, 3.8) is 0 Å². The van der Waals surface area contributed by atoms with Crippen LogP contribution < -0.4 is 44.6 Å². The molecule has 0 heterocycles. The Bertz CT molecular complexity index is 1030. The molecule has 0 aliphatic heterocycles. The van der Waals surface area contributed by atoms with Gasteiger partial charge in [-0.05, 0) is 38.5 Å². The highest BCUT2D eigenvalue weighted by molar-refractivity contribution is 5.91. The summed E-state index contributed by atoms with van der Waals surface area (Å²) in [6.45, 7) is 3.19. The highest BCUT2D eigenvalue weighted by Gasteiger charge is 2.25. The number of hydrogen-bond donors (Lipinski definition) is 8. The number of rotatable bonds is 38. The number of guanidine groups is 2. The van der Waals surface area contributed by atoms with Gasteiger partial charge in [-0.1, -0.05) is 135 Å². The van der Waals surface area contributed by atoms with Crippen molar-refractivity contribution in [1.82, 2.24) is 16.0 Å². The summed E-state index contributed by atoms with van der Waals surface area (Å²) in [7, 11) is 0. The molecule has 0 rings (SSSR count). The molecule has 0 aromatic carbocycles. The number of nitrogens with one attached hydrogen (secondary N) is 3. The predicted molar refractivity (Wildman–Crippen MR) is 222 cm³/mol. The third-order valence-corrected chi connectivity index (χ3v) is 9.61. The van der Waals surface area contributed by atoms with E-state index in [1.807, 2.05) is 0 Å². The molecule has 54 heavy (non-hydrogen) atoms. The minimum Gasteiger partial charge on any atom is -0.370 e. The first-order valence-electron chi connectivity index (χ1n) is 21.3. The van der Waals surface area contributed by atoms with Gasteiger partial charge in [0, 0.05) is 32.5 Å². The minimum atomic E-state index is -0.956. The van der Waals surface area contributed by atoms with Gasteiger partial charge in [-0.2, -0.15) is 0 Å². The van der Waals surface area contributed by atoms with Crippen LogP contribution in [0.2, 0.25) is 0 Å². The van der Waals surface area contributed by atoms with E-state index in [0.717, 1.165) is 19.3 Å². The number of hydrogen-bond acceptors (Lipinski definition) is 6. The van der Waals surface area contributed by atoms with Gasteiger partial charge in [0.1, 0.15) is 12.1 Å². The Morgan fingerprint density at radius 3 is 1.26 bits per heavy atom. The van der Waals surface area contributed by atoms with Crippen LogP contribution in [-0.2, 0) is 19.2 Å². The highest BCUT2D eigenvalue weighted by Crippen LogP contribution is 2.15. The van der Waals surface area contributed by atoms with E-state index in [9.17, 15) is 19.2 Å². The lowest BCUT2D eigenvalue weighted by molar-refractivity contribution is -0.131. The fraction of sp³-hybridized carbons (Fsp3) is 0.850. The quantitative estimate of drug-likeness (QED) is 0.0239. The molecule has 0 aromatic heterocycles. The number of unbranched alkanes of at least 4 members (excludes halogenated alkanes) is 20. The lowest BCUT2D eigenvalue weighted by Gasteiger charge is -2.22. The zero-order valence-corrected chi connectivity index (χ0v) is 34.0. The average molecular weight is 765 g/mol. The van der Waals surface area contributed by atoms with Gasteiger partial charge in [0.05, 0.1) is 0 Å². The van der Waals surface area contributed by atoms with Crippen LogP contribution in [0.1, 0.15) is 187 Å². The smallest absolute Gasteiger partial charge is 0.243 e. The van der Waals surface area contributed by atoms with Crippen LogP contribution in [0.4, 0.5) is 0 Å². The second kappa shape index (κ2) is 36.4. The fourth-order valence-electron chi connectivity index (χ4n) is 6.38. The Labute approximate surface area is 327 Å². The average Bonchev–Trinajstić information content (AvgIpc) is 3.12. The number of carbonyl (C=O) groups is 4. The molecule has 314 valence electrons. The SMILES string of the molecule is CCCCCCCCCCCCCCCCCCCCCCCC(=O)NCCCC(=O)N[C@@H](CCCN=C(N)N)C(=O)N[C@@H](CCCN=C(N)N)C(N)=O. The molecule has 0 saturated heterocycles. The Morgan fingerprint density at radius 2 is 0.852 bits per heavy atom. The highest BCUT2D eigenvalue weighted by atomic mass is 16.2. The normalized spacial score (nSPS) is 12.0. The van der Waals surface area contributed by atoms with E-state index in [-0.39, 0.29) is 56.1 Å². The first-order valence-corrected chi connectivity index (χ1v) is 21.3. The second-order valence-corrected chi connectivity index (χ2v) is 14.8. The Kier molecular flexibility index (Phi) is 34.0. The van der Waals surface area contributed by atoms with Crippen molar-refractivity contribution in [2.45, 2.75) is 199 Å². The van der Waals surface area contributed by atoms with Crippen molar-refractivity contribution in [2.24, 2.45) is 38.7 Å². The first kappa shape index (κ1) is 50.4. The van der Waals surface area contributed by atoms with Crippen LogP contribution in [0.5, 0.6) is 0 Å². The Hall–Kier alpha value is -3.58. The molecule has 0 aliphatic rings. The lowest BCUT2D eigenvalue weighted by atomic mass is 10.0. The molecule has 4 amide bonds. The van der Waals surface area contributed by atoms with E-state index < -0.39 is 23.9 Å². The van der Waals surface area contributed by atoms with Gasteiger partial charge in [0.15, 0.2) is 11.9 Å². The van der Waals surface area contributed by atoms with Crippen molar-refractivity contribution >= 4 is 35.5 Å². The molecular formula is C40H80N10O4. The van der Waals surface area contributed by atoms with Gasteiger partial charge in [0.25, 0.3) is 0 Å². The van der Waals surface area contributed by atoms with Crippen LogP contribution in [0.3, 0.4) is 0 Å². The van der Waals surface area contributed by atoms with Gasteiger partial charge in [-0.25, -0.2) is 0 Å². The topological polar surface area (TPSA) is 259 Å². The van der Waals surface area contributed by atoms with E-state index in [4.69, 9.17) is 28.7 Å². The van der Waals surface area contributed by atoms with Crippen LogP contribution in [-0.4, -0.2) is 67.3 Å². The summed E-state index contributed by atoms with van der Waals surface area (Å²) in [6, 6.07) is -1.88. The van der Waals surface area contributed by atoms with Crippen molar-refractivity contribution in [1.29, 1.82) is 0 Å². The third-order valence-electron chi connectivity index (χ3n) is 9.61. The van der Waals surface area contributed by atoms with Gasteiger partial charge >= 0.3 is 0 Å². The van der Waals surface area contributed by atoms with Crippen molar-refractivity contribution in [3.05, 3.63) is 0 Å². The van der Waals surface area contributed by atoms with Crippen LogP contribution in [0, 0.1) is 0 Å². The Morgan fingerprint density at radius 1 is 0.463 bits per heavy atom. The summed E-state index contributed by atoms with van der Waals surface area (Å²) in [5.41, 5.74) is 26.9. The van der Waals surface area contributed by atoms with Crippen LogP contribution in [0.25, 0.3) is 0 Å². The molecule has 0 fully saturated rings. The monoisotopic (exact) mass is 765 g/mol. The minimum absolute atomic E-state index is 0.0115. The summed E-state index contributed by atoms with van der Waals surface area (Å²) < 4.78 is 0. The first-order chi connectivity index (χ1) is 26.1. The molecule has 13 N–H and O–H groups in total. The van der Waals surface area contributed by atoms with Gasteiger partial charge in [0.2, 0.25) is 23.6 Å². The Balaban J connectivity index is 4.04. The number of amides is 4. The largest absolute Gasteiger partial charge is 0.370 e. The molecule has 0 saturated carbocycles. The van der Waals surface area contributed by atoms with E-state index in [2.05, 4.69) is 32.9 Å². The molecule has 0 unspecified atom stereocenters. The number of carbonyl (C=O) groups excluding carboxylic acids is 4. The number of aliphatic imine (C=N–C) groups is 2. The van der Waals surface area contributed by atoms with Gasteiger partial charge in [-0.3, -0.25) is 29.2 Å². The van der Waals surface area contributed by atoms with E-state index in [1.54, 1.807) is 0 Å². The molecule has 0 spiro atoms. The van der Waals surface area contributed by atoms with E-state index >= 15 is 0 Å². The van der Waals surface area contributed by atoms with Crippen molar-refractivity contribution in [2.75, 3.05) is 19.6 Å². The molecular weight excluding hydrogens is 685 g/mol. The van der Waals surface area contributed by atoms with Crippen LogP contribution in [0.15, 0.2) is 9.98 Å². The maximum Gasteiger partial charge on any atom is 0.243 e.